The van der Waals surface area contributed by atoms with E-state index in [1.54, 1.807) is 56.3 Å². The van der Waals surface area contributed by atoms with Crippen LogP contribution in [0, 0.1) is 6.92 Å². The Morgan fingerprint density at radius 2 is 1.62 bits per heavy atom. The highest BCUT2D eigenvalue weighted by atomic mass is 35.5. The third kappa shape index (κ3) is 7.25. The fourth-order valence-corrected chi connectivity index (χ4v) is 5.53. The molecule has 2 amide bonds. The van der Waals surface area contributed by atoms with E-state index in [1.165, 1.54) is 29.2 Å². The first-order valence-electron chi connectivity index (χ1n) is 11.7. The molecule has 7 nitrogen and oxygen atoms in total. The number of hydrogen-bond donors (Lipinski definition) is 1. The molecule has 0 unspecified atom stereocenters. The predicted molar refractivity (Wildman–Crippen MR) is 147 cm³/mol. The molecule has 0 aliphatic carbocycles. The maximum atomic E-state index is 13.8. The zero-order valence-corrected chi connectivity index (χ0v) is 23.1. The van der Waals surface area contributed by atoms with Crippen LogP contribution in [0.5, 0.6) is 0 Å². The molecule has 0 aromatic heterocycles. The smallest absolute Gasteiger partial charge is 0.264 e. The van der Waals surface area contributed by atoms with E-state index >= 15 is 0 Å². The summed E-state index contributed by atoms with van der Waals surface area (Å²) in [6.45, 7) is 5.17. The lowest BCUT2D eigenvalue weighted by molar-refractivity contribution is -0.139. The normalized spacial score (nSPS) is 12.0. The molecule has 0 radical (unpaired) electrons. The van der Waals surface area contributed by atoms with Gasteiger partial charge in [-0.05, 0) is 80.4 Å². The summed E-state index contributed by atoms with van der Waals surface area (Å²) in [6.07, 6.45) is 0. The largest absolute Gasteiger partial charge is 0.355 e. The van der Waals surface area contributed by atoms with Crippen molar-refractivity contribution in [3.05, 3.63) is 94.0 Å². The Bertz CT molecular complexity index is 1360. The summed E-state index contributed by atoms with van der Waals surface area (Å²) in [7, 11) is -4.15. The van der Waals surface area contributed by atoms with Crippen molar-refractivity contribution in [1.29, 1.82) is 0 Å². The third-order valence-electron chi connectivity index (χ3n) is 5.73. The Morgan fingerprint density at radius 3 is 2.24 bits per heavy atom. The van der Waals surface area contributed by atoms with Gasteiger partial charge in [0.1, 0.15) is 12.6 Å². The zero-order valence-electron chi connectivity index (χ0n) is 20.8. The molecule has 3 rings (SSSR count). The average Bonchev–Trinajstić information content (AvgIpc) is 2.85. The quantitative estimate of drug-likeness (QED) is 0.375. The van der Waals surface area contributed by atoms with Crippen LogP contribution in [0.15, 0.2) is 77.7 Å². The number of benzene rings is 3. The van der Waals surface area contributed by atoms with Crippen molar-refractivity contribution >= 4 is 50.7 Å². The zero-order chi connectivity index (χ0) is 27.2. The number of nitrogens with one attached hydrogen (secondary N) is 1. The Balaban J connectivity index is 2.03. The molecule has 196 valence electrons. The van der Waals surface area contributed by atoms with Crippen LogP contribution >= 0.6 is 23.2 Å². The van der Waals surface area contributed by atoms with E-state index in [0.717, 1.165) is 9.87 Å². The highest BCUT2D eigenvalue weighted by Gasteiger charge is 2.32. The summed E-state index contributed by atoms with van der Waals surface area (Å²) < 4.78 is 28.5. The highest BCUT2D eigenvalue weighted by Crippen LogP contribution is 2.26. The topological polar surface area (TPSA) is 86.8 Å². The Hall–Kier alpha value is -3.07. The van der Waals surface area contributed by atoms with Gasteiger partial charge in [0.05, 0.1) is 10.6 Å². The van der Waals surface area contributed by atoms with E-state index in [9.17, 15) is 18.0 Å². The molecule has 0 bridgehead atoms. The molecule has 1 N–H and O–H groups in total. The van der Waals surface area contributed by atoms with Gasteiger partial charge in [-0.3, -0.25) is 13.9 Å². The first kappa shape index (κ1) is 28.5. The third-order valence-corrected chi connectivity index (χ3v) is 8.01. The van der Waals surface area contributed by atoms with Crippen molar-refractivity contribution in [2.45, 2.75) is 38.3 Å². The van der Waals surface area contributed by atoms with Crippen LogP contribution in [-0.4, -0.2) is 44.3 Å². The highest BCUT2D eigenvalue weighted by molar-refractivity contribution is 7.92. The minimum atomic E-state index is -4.15. The molecule has 37 heavy (non-hydrogen) atoms. The van der Waals surface area contributed by atoms with Gasteiger partial charge >= 0.3 is 0 Å². The summed E-state index contributed by atoms with van der Waals surface area (Å²) in [4.78, 5) is 27.8. The van der Waals surface area contributed by atoms with Gasteiger partial charge < -0.3 is 10.2 Å². The van der Waals surface area contributed by atoms with Gasteiger partial charge in [0.15, 0.2) is 0 Å². The molecule has 1 atom stereocenters. The molecule has 0 fully saturated rings. The molecule has 10 heteroatoms. The number of hydrogen-bond acceptors (Lipinski definition) is 4. The minimum Gasteiger partial charge on any atom is -0.355 e. The number of aryl methyl sites for hydroxylation is 1. The average molecular weight is 563 g/mol. The first-order valence-corrected chi connectivity index (χ1v) is 13.9. The van der Waals surface area contributed by atoms with Crippen LogP contribution in [0.3, 0.4) is 0 Å². The second-order valence-electron chi connectivity index (χ2n) is 8.53. The van der Waals surface area contributed by atoms with Crippen LogP contribution in [-0.2, 0) is 26.2 Å². The molecule has 0 aliphatic heterocycles. The van der Waals surface area contributed by atoms with E-state index in [2.05, 4.69) is 5.32 Å². The standard InChI is InChI=1S/C27H29Cl2N3O4S/c1-4-30-27(34)20(3)31(17-21-8-6-9-23(29)16-21)26(33)18-32(24-10-5-7-19(2)15-24)37(35,36)25-13-11-22(28)12-14-25/h5-16,20H,4,17-18H2,1-3H3,(H,30,34)/t20-/m1/s1. The fraction of sp³-hybridized carbons (Fsp3) is 0.259. The molecule has 0 saturated carbocycles. The lowest BCUT2D eigenvalue weighted by Gasteiger charge is -2.32. The second-order valence-corrected chi connectivity index (χ2v) is 11.3. The Kier molecular flexibility index (Phi) is 9.59. The molecule has 0 spiro atoms. The van der Waals surface area contributed by atoms with Crippen molar-refractivity contribution in [2.24, 2.45) is 0 Å². The molecular weight excluding hydrogens is 533 g/mol. The van der Waals surface area contributed by atoms with Crippen LogP contribution in [0.4, 0.5) is 5.69 Å². The van der Waals surface area contributed by atoms with Gasteiger partial charge in [-0.15, -0.1) is 0 Å². The maximum Gasteiger partial charge on any atom is 0.264 e. The summed E-state index contributed by atoms with van der Waals surface area (Å²) in [5.74, 6) is -0.890. The Morgan fingerprint density at radius 1 is 0.946 bits per heavy atom. The monoisotopic (exact) mass is 561 g/mol. The number of sulfonamides is 1. The number of carbonyl (C=O) groups excluding carboxylic acids is 2. The summed E-state index contributed by atoms with van der Waals surface area (Å²) in [5.41, 5.74) is 1.86. The van der Waals surface area contributed by atoms with E-state index < -0.39 is 28.5 Å². The number of nitrogens with zero attached hydrogens (tertiary/aromatic N) is 2. The van der Waals surface area contributed by atoms with Crippen molar-refractivity contribution in [2.75, 3.05) is 17.4 Å². The SMILES string of the molecule is CCNC(=O)[C@@H](C)N(Cc1cccc(Cl)c1)C(=O)CN(c1cccc(C)c1)S(=O)(=O)c1ccc(Cl)cc1. The number of amides is 2. The van der Waals surface area contributed by atoms with Gasteiger partial charge in [-0.25, -0.2) is 8.42 Å². The van der Waals surface area contributed by atoms with Crippen LogP contribution in [0.2, 0.25) is 10.0 Å². The van der Waals surface area contributed by atoms with Crippen LogP contribution < -0.4 is 9.62 Å². The van der Waals surface area contributed by atoms with Gasteiger partial charge in [0.2, 0.25) is 11.8 Å². The van der Waals surface area contributed by atoms with Crippen molar-refractivity contribution in [1.82, 2.24) is 10.2 Å². The number of likely N-dealkylation sites (N-methyl/N-ethyl adjacent to an activating group) is 1. The van der Waals surface area contributed by atoms with Gasteiger partial charge in [-0.2, -0.15) is 0 Å². The van der Waals surface area contributed by atoms with E-state index in [1.807, 2.05) is 13.0 Å². The van der Waals surface area contributed by atoms with Gasteiger partial charge in [-0.1, -0.05) is 47.5 Å². The van der Waals surface area contributed by atoms with Crippen LogP contribution in [0.1, 0.15) is 25.0 Å². The molecule has 0 saturated heterocycles. The van der Waals surface area contributed by atoms with Crippen molar-refractivity contribution in [3.8, 4) is 0 Å². The molecule has 3 aromatic rings. The van der Waals surface area contributed by atoms with E-state index in [4.69, 9.17) is 23.2 Å². The number of rotatable bonds is 10. The Labute approximate surface area is 228 Å². The number of halogens is 2. The van der Waals surface area contributed by atoms with E-state index in [-0.39, 0.29) is 17.3 Å². The maximum absolute atomic E-state index is 13.8. The van der Waals surface area contributed by atoms with Crippen molar-refractivity contribution in [3.63, 3.8) is 0 Å². The molecular formula is C27H29Cl2N3O4S. The number of anilines is 1. The summed E-state index contributed by atoms with van der Waals surface area (Å²) >= 11 is 12.1. The summed E-state index contributed by atoms with van der Waals surface area (Å²) in [6, 6.07) is 18.7. The first-order chi connectivity index (χ1) is 17.5. The number of carbonyl (C=O) groups is 2. The molecule has 0 heterocycles. The lowest BCUT2D eigenvalue weighted by atomic mass is 10.1. The fourth-order valence-electron chi connectivity index (χ4n) is 3.78. The molecule has 3 aromatic carbocycles. The lowest BCUT2D eigenvalue weighted by Crippen LogP contribution is -2.51. The summed E-state index contributed by atoms with van der Waals surface area (Å²) in [5, 5.41) is 3.61. The van der Waals surface area contributed by atoms with Gasteiger partial charge in [0, 0.05) is 23.1 Å². The van der Waals surface area contributed by atoms with E-state index in [0.29, 0.717) is 27.8 Å². The predicted octanol–water partition coefficient (Wildman–Crippen LogP) is 5.05. The van der Waals surface area contributed by atoms with Crippen LogP contribution in [0.25, 0.3) is 0 Å². The van der Waals surface area contributed by atoms with Crippen molar-refractivity contribution < 1.29 is 18.0 Å². The van der Waals surface area contributed by atoms with Gasteiger partial charge in [0.25, 0.3) is 10.0 Å². The second kappa shape index (κ2) is 12.4. The molecule has 0 aliphatic rings. The minimum absolute atomic E-state index is 0.00984.